The summed E-state index contributed by atoms with van der Waals surface area (Å²) in [6.45, 7) is 0.110. The van der Waals surface area contributed by atoms with Crippen LogP contribution in [-0.2, 0) is 18.8 Å². The lowest BCUT2D eigenvalue weighted by atomic mass is 10.8. The molecule has 0 rings (SSSR count). The summed E-state index contributed by atoms with van der Waals surface area (Å²) in [6, 6.07) is 0. The molecule has 0 unspecified atom stereocenters. The summed E-state index contributed by atoms with van der Waals surface area (Å²) in [5.41, 5.74) is 4.95. The molecule has 0 saturated heterocycles. The molecule has 0 saturated carbocycles. The molecule has 0 aromatic heterocycles. The molecule has 6 heteroatoms. The predicted molar refractivity (Wildman–Crippen MR) is 30.9 cm³/mol. The fourth-order valence-corrected chi connectivity index (χ4v) is 0.595. The van der Waals surface area contributed by atoms with Gasteiger partial charge in [0.2, 0.25) is 0 Å². The maximum atomic E-state index is 10.3. The molecule has 0 fully saturated rings. The lowest BCUT2D eigenvalue weighted by Gasteiger charge is -1.98. The summed E-state index contributed by atoms with van der Waals surface area (Å²) < 4.78 is 28.6. The number of hydrogen-bond acceptors (Lipinski definition) is 5. The van der Waals surface area contributed by atoms with Crippen LogP contribution < -0.4 is 5.73 Å². The molecule has 0 aliphatic rings. The average Bonchev–Trinajstić information content (AvgIpc) is 1.84. The van der Waals surface area contributed by atoms with Crippen LogP contribution in [0, 0.1) is 0 Å². The van der Waals surface area contributed by atoms with E-state index < -0.39 is 10.4 Å². The third kappa shape index (κ3) is 4.34. The maximum absolute atomic E-state index is 10.3. The molecule has 2 N–H and O–H groups in total. The van der Waals surface area contributed by atoms with Gasteiger partial charge in [-0.05, 0) is 0 Å². The smallest absolute Gasteiger partial charge is 0.328 e. The first kappa shape index (κ1) is 8.83. The molecule has 0 atom stereocenters. The van der Waals surface area contributed by atoms with E-state index in [9.17, 15) is 8.42 Å². The Bertz CT molecular complexity index is 151. The van der Waals surface area contributed by atoms with E-state index in [0.29, 0.717) is 0 Å². The molecule has 0 amide bonds. The molecule has 5 nitrogen and oxygen atoms in total. The minimum Gasteiger partial charge on any atom is -0.328 e. The van der Waals surface area contributed by atoms with E-state index in [1.54, 1.807) is 0 Å². The van der Waals surface area contributed by atoms with Crippen molar-refractivity contribution in [2.24, 2.45) is 5.73 Å². The van der Waals surface area contributed by atoms with Gasteiger partial charge >= 0.3 is 10.4 Å². The maximum Gasteiger partial charge on any atom is 0.399 e. The molecule has 0 bridgehead atoms. The number of rotatable bonds is 4. The summed E-state index contributed by atoms with van der Waals surface area (Å²) in [5, 5.41) is 0. The second-order valence-corrected chi connectivity index (χ2v) is 2.57. The second kappa shape index (κ2) is 3.78. The minimum atomic E-state index is -3.76. The van der Waals surface area contributed by atoms with Gasteiger partial charge in [0.15, 0.2) is 0 Å². The third-order valence-corrected chi connectivity index (χ3v) is 1.41. The van der Waals surface area contributed by atoms with E-state index in [1.807, 2.05) is 0 Å². The highest BCUT2D eigenvalue weighted by atomic mass is 32.3. The Morgan fingerprint density at radius 3 is 2.44 bits per heavy atom. The second-order valence-electron chi connectivity index (χ2n) is 1.19. The van der Waals surface area contributed by atoms with E-state index in [-0.39, 0.29) is 13.2 Å². The van der Waals surface area contributed by atoms with Gasteiger partial charge in [0, 0.05) is 6.54 Å². The van der Waals surface area contributed by atoms with Crippen molar-refractivity contribution in [1.29, 1.82) is 0 Å². The molecule has 0 aliphatic heterocycles. The number of hydrogen-bond donors (Lipinski definition) is 1. The van der Waals surface area contributed by atoms with Crippen LogP contribution in [0.5, 0.6) is 0 Å². The SMILES string of the molecule is COS(=O)(=O)OCCN. The summed E-state index contributed by atoms with van der Waals surface area (Å²) in [6.07, 6.45) is 0. The van der Waals surface area contributed by atoms with Crippen molar-refractivity contribution in [3.8, 4) is 0 Å². The van der Waals surface area contributed by atoms with Gasteiger partial charge in [0.05, 0.1) is 13.7 Å². The topological polar surface area (TPSA) is 78.6 Å². The Morgan fingerprint density at radius 1 is 1.56 bits per heavy atom. The Hall–Kier alpha value is -0.170. The zero-order valence-electron chi connectivity index (χ0n) is 5.03. The first-order valence-corrected chi connectivity index (χ1v) is 3.61. The monoisotopic (exact) mass is 155 g/mol. The van der Waals surface area contributed by atoms with Gasteiger partial charge in [-0.15, -0.1) is 0 Å². The lowest BCUT2D eigenvalue weighted by molar-refractivity contribution is 0.249. The van der Waals surface area contributed by atoms with Gasteiger partial charge in [0.1, 0.15) is 0 Å². The molecule has 0 aromatic rings. The first-order valence-electron chi connectivity index (χ1n) is 2.27. The lowest BCUT2D eigenvalue weighted by Crippen LogP contribution is -2.14. The Balaban J connectivity index is 3.61. The Labute approximate surface area is 54.1 Å². The van der Waals surface area contributed by atoms with Crippen molar-refractivity contribution >= 4 is 10.4 Å². The predicted octanol–water partition coefficient (Wildman–Crippen LogP) is -1.15. The van der Waals surface area contributed by atoms with Crippen LogP contribution in [0.3, 0.4) is 0 Å². The molecule has 56 valence electrons. The number of nitrogens with two attached hydrogens (primary N) is 1. The molecule has 0 heterocycles. The van der Waals surface area contributed by atoms with E-state index in [2.05, 4.69) is 8.37 Å². The van der Waals surface area contributed by atoms with Gasteiger partial charge in [-0.3, -0.25) is 4.18 Å². The molecular formula is C3H9NO4S. The molecule has 0 aromatic carbocycles. The summed E-state index contributed by atoms with van der Waals surface area (Å²) >= 11 is 0. The highest BCUT2D eigenvalue weighted by Gasteiger charge is 2.05. The van der Waals surface area contributed by atoms with Crippen molar-refractivity contribution in [2.45, 2.75) is 0 Å². The molecule has 0 spiro atoms. The van der Waals surface area contributed by atoms with Crippen molar-refractivity contribution in [3.05, 3.63) is 0 Å². The van der Waals surface area contributed by atoms with Crippen LogP contribution >= 0.6 is 0 Å². The molecule has 0 aliphatic carbocycles. The highest BCUT2D eigenvalue weighted by Crippen LogP contribution is 1.89. The van der Waals surface area contributed by atoms with E-state index in [4.69, 9.17) is 5.73 Å². The Kier molecular flexibility index (Phi) is 3.71. The van der Waals surface area contributed by atoms with Crippen LogP contribution in [0.15, 0.2) is 0 Å². The average molecular weight is 155 g/mol. The highest BCUT2D eigenvalue weighted by molar-refractivity contribution is 7.81. The molecule has 9 heavy (non-hydrogen) atoms. The van der Waals surface area contributed by atoms with Gasteiger partial charge in [-0.1, -0.05) is 0 Å². The summed E-state index contributed by atoms with van der Waals surface area (Å²) in [7, 11) is -2.74. The fraction of sp³-hybridized carbons (Fsp3) is 1.00. The van der Waals surface area contributed by atoms with E-state index in [1.165, 1.54) is 0 Å². The van der Waals surface area contributed by atoms with Gasteiger partial charge < -0.3 is 5.73 Å². The van der Waals surface area contributed by atoms with Crippen LogP contribution in [0.25, 0.3) is 0 Å². The van der Waals surface area contributed by atoms with Crippen LogP contribution in [0.2, 0.25) is 0 Å². The van der Waals surface area contributed by atoms with Gasteiger partial charge in [-0.2, -0.15) is 8.42 Å². The van der Waals surface area contributed by atoms with Crippen molar-refractivity contribution in [2.75, 3.05) is 20.3 Å². The van der Waals surface area contributed by atoms with Gasteiger partial charge in [0.25, 0.3) is 0 Å². The van der Waals surface area contributed by atoms with Crippen molar-refractivity contribution in [1.82, 2.24) is 0 Å². The van der Waals surface area contributed by atoms with E-state index >= 15 is 0 Å². The zero-order chi connectivity index (χ0) is 7.33. The van der Waals surface area contributed by atoms with Crippen LogP contribution in [-0.4, -0.2) is 28.7 Å². The minimum absolute atomic E-state index is 0.0455. The Morgan fingerprint density at radius 2 is 2.11 bits per heavy atom. The van der Waals surface area contributed by atoms with E-state index in [0.717, 1.165) is 7.11 Å². The third-order valence-electron chi connectivity index (χ3n) is 0.550. The largest absolute Gasteiger partial charge is 0.399 e. The summed E-state index contributed by atoms with van der Waals surface area (Å²) in [5.74, 6) is 0. The van der Waals surface area contributed by atoms with Crippen LogP contribution in [0.1, 0.15) is 0 Å². The molecular weight excluding hydrogens is 146 g/mol. The zero-order valence-corrected chi connectivity index (χ0v) is 5.85. The molecule has 0 radical (unpaired) electrons. The van der Waals surface area contributed by atoms with Crippen molar-refractivity contribution in [3.63, 3.8) is 0 Å². The van der Waals surface area contributed by atoms with Gasteiger partial charge in [-0.25, -0.2) is 4.18 Å². The fourth-order valence-electron chi connectivity index (χ4n) is 0.198. The van der Waals surface area contributed by atoms with Crippen molar-refractivity contribution < 1.29 is 16.8 Å². The van der Waals surface area contributed by atoms with Crippen LogP contribution in [0.4, 0.5) is 0 Å². The quantitative estimate of drug-likeness (QED) is 0.554. The standard InChI is InChI=1S/C3H9NO4S/c1-7-9(5,6)8-3-2-4/h2-4H2,1H3. The summed E-state index contributed by atoms with van der Waals surface area (Å²) in [4.78, 5) is 0. The normalized spacial score (nSPS) is 11.8. The first-order chi connectivity index (χ1) is 4.12.